The van der Waals surface area contributed by atoms with Crippen molar-refractivity contribution in [2.45, 2.75) is 39.2 Å². The molecule has 0 saturated heterocycles. The molecule has 0 atom stereocenters. The molecule has 0 fully saturated rings. The first-order valence-corrected chi connectivity index (χ1v) is 4.90. The van der Waals surface area contributed by atoms with E-state index in [1.54, 1.807) is 0 Å². The number of aliphatic carboxylic acids is 1. The second kappa shape index (κ2) is 7.34. The number of nitrogens with zero attached hydrogens (tertiary/aromatic N) is 2. The van der Waals surface area contributed by atoms with Gasteiger partial charge < -0.3 is 5.11 Å². The highest BCUT2D eigenvalue weighted by Gasteiger charge is 2.12. The molecule has 0 aromatic heterocycles. The number of carboxylic acids is 1. The number of hydrogen-bond donors (Lipinski definition) is 1. The molecule has 0 spiro atoms. The van der Waals surface area contributed by atoms with E-state index in [1.807, 2.05) is 18.7 Å². The SMILES string of the molecule is CC(C)N(CCCCC#N)CC(=O)O. The van der Waals surface area contributed by atoms with E-state index in [1.165, 1.54) is 0 Å². The third kappa shape index (κ3) is 6.44. The zero-order chi connectivity index (χ0) is 11.0. The minimum atomic E-state index is -0.793. The van der Waals surface area contributed by atoms with Gasteiger partial charge in [-0.3, -0.25) is 9.69 Å². The normalized spacial score (nSPS) is 10.5. The highest BCUT2D eigenvalue weighted by atomic mass is 16.4. The molecule has 0 unspecified atom stereocenters. The molecule has 0 aliphatic carbocycles. The Bertz CT molecular complexity index is 209. The molecule has 0 aromatic carbocycles. The van der Waals surface area contributed by atoms with Crippen LogP contribution in [-0.2, 0) is 4.79 Å². The summed E-state index contributed by atoms with van der Waals surface area (Å²) in [5.74, 6) is -0.793. The van der Waals surface area contributed by atoms with Gasteiger partial charge in [0.2, 0.25) is 0 Å². The molecule has 4 heteroatoms. The predicted molar refractivity (Wildman–Crippen MR) is 53.8 cm³/mol. The zero-order valence-corrected chi connectivity index (χ0v) is 8.86. The summed E-state index contributed by atoms with van der Waals surface area (Å²) >= 11 is 0. The lowest BCUT2D eigenvalue weighted by molar-refractivity contribution is -0.138. The van der Waals surface area contributed by atoms with Gasteiger partial charge >= 0.3 is 5.97 Å². The Morgan fingerprint density at radius 1 is 1.50 bits per heavy atom. The Balaban J connectivity index is 3.75. The van der Waals surface area contributed by atoms with Gasteiger partial charge in [-0.25, -0.2) is 0 Å². The molecule has 0 saturated carbocycles. The number of hydrogen-bond acceptors (Lipinski definition) is 3. The van der Waals surface area contributed by atoms with Crippen molar-refractivity contribution in [2.24, 2.45) is 0 Å². The van der Waals surface area contributed by atoms with Gasteiger partial charge in [-0.15, -0.1) is 0 Å². The van der Waals surface area contributed by atoms with Gasteiger partial charge in [0.1, 0.15) is 0 Å². The lowest BCUT2D eigenvalue weighted by Crippen LogP contribution is -2.36. The first-order chi connectivity index (χ1) is 6.57. The van der Waals surface area contributed by atoms with E-state index in [4.69, 9.17) is 10.4 Å². The lowest BCUT2D eigenvalue weighted by atomic mass is 10.2. The van der Waals surface area contributed by atoms with Crippen molar-refractivity contribution in [3.63, 3.8) is 0 Å². The standard InChI is InChI=1S/C10H18N2O2/c1-9(2)12(8-10(13)14)7-5-3-4-6-11/h9H,3-5,7-8H2,1-2H3,(H,13,14). The van der Waals surface area contributed by atoms with Gasteiger partial charge in [-0.05, 0) is 33.2 Å². The fraction of sp³-hybridized carbons (Fsp3) is 0.800. The second-order valence-electron chi connectivity index (χ2n) is 3.57. The van der Waals surface area contributed by atoms with E-state index in [2.05, 4.69) is 6.07 Å². The molecule has 80 valence electrons. The van der Waals surface area contributed by atoms with Gasteiger partial charge in [0, 0.05) is 12.5 Å². The maximum Gasteiger partial charge on any atom is 0.317 e. The summed E-state index contributed by atoms with van der Waals surface area (Å²) in [6.07, 6.45) is 2.29. The van der Waals surface area contributed by atoms with Crippen LogP contribution < -0.4 is 0 Å². The van der Waals surface area contributed by atoms with Crippen molar-refractivity contribution in [1.29, 1.82) is 5.26 Å². The quantitative estimate of drug-likeness (QED) is 0.629. The summed E-state index contributed by atoms with van der Waals surface area (Å²) in [6, 6.07) is 2.32. The van der Waals surface area contributed by atoms with Crippen molar-refractivity contribution < 1.29 is 9.90 Å². The van der Waals surface area contributed by atoms with Crippen molar-refractivity contribution >= 4 is 5.97 Å². The van der Waals surface area contributed by atoms with Gasteiger partial charge in [0.25, 0.3) is 0 Å². The maximum absolute atomic E-state index is 10.5. The van der Waals surface area contributed by atoms with Crippen LogP contribution in [0.3, 0.4) is 0 Å². The topological polar surface area (TPSA) is 64.3 Å². The van der Waals surface area contributed by atoms with Gasteiger partial charge in [0.05, 0.1) is 12.6 Å². The molecule has 0 radical (unpaired) electrons. The molecule has 0 aliphatic heterocycles. The third-order valence-electron chi connectivity index (χ3n) is 2.05. The molecule has 0 rings (SSSR count). The van der Waals surface area contributed by atoms with Crippen LogP contribution in [0.25, 0.3) is 0 Å². The lowest BCUT2D eigenvalue weighted by Gasteiger charge is -2.24. The molecule has 0 aliphatic rings. The van der Waals surface area contributed by atoms with E-state index in [0.29, 0.717) is 6.42 Å². The Morgan fingerprint density at radius 2 is 2.14 bits per heavy atom. The largest absolute Gasteiger partial charge is 0.480 e. The first-order valence-electron chi connectivity index (χ1n) is 4.90. The summed E-state index contributed by atoms with van der Waals surface area (Å²) in [7, 11) is 0. The summed E-state index contributed by atoms with van der Waals surface area (Å²) in [4.78, 5) is 12.4. The Morgan fingerprint density at radius 3 is 2.57 bits per heavy atom. The van der Waals surface area contributed by atoms with Crippen molar-refractivity contribution in [3.8, 4) is 6.07 Å². The summed E-state index contributed by atoms with van der Waals surface area (Å²) in [6.45, 7) is 4.80. The fourth-order valence-electron chi connectivity index (χ4n) is 1.21. The van der Waals surface area contributed by atoms with Crippen molar-refractivity contribution in [2.75, 3.05) is 13.1 Å². The highest BCUT2D eigenvalue weighted by Crippen LogP contribution is 2.02. The van der Waals surface area contributed by atoms with Crippen LogP contribution in [0.2, 0.25) is 0 Å². The Labute approximate surface area is 85.1 Å². The van der Waals surface area contributed by atoms with E-state index < -0.39 is 5.97 Å². The minimum Gasteiger partial charge on any atom is -0.480 e. The molecule has 4 nitrogen and oxygen atoms in total. The van der Waals surface area contributed by atoms with E-state index in [-0.39, 0.29) is 12.6 Å². The van der Waals surface area contributed by atoms with Gasteiger partial charge in [0.15, 0.2) is 0 Å². The Hall–Kier alpha value is -1.08. The predicted octanol–water partition coefficient (Wildman–Crippen LogP) is 1.48. The smallest absolute Gasteiger partial charge is 0.317 e. The molecule has 0 aromatic rings. The number of rotatable bonds is 7. The van der Waals surface area contributed by atoms with Crippen LogP contribution in [0.15, 0.2) is 0 Å². The number of unbranched alkanes of at least 4 members (excludes halogenated alkanes) is 2. The van der Waals surface area contributed by atoms with Crippen LogP contribution >= 0.6 is 0 Å². The zero-order valence-electron chi connectivity index (χ0n) is 8.86. The summed E-state index contributed by atoms with van der Waals surface area (Å²) < 4.78 is 0. The average Bonchev–Trinajstić information content (AvgIpc) is 2.09. The minimum absolute atomic E-state index is 0.0875. The molecular formula is C10H18N2O2. The van der Waals surface area contributed by atoms with E-state index in [9.17, 15) is 4.79 Å². The molecule has 0 amide bonds. The van der Waals surface area contributed by atoms with Crippen LogP contribution in [0.1, 0.15) is 33.1 Å². The molecule has 0 bridgehead atoms. The summed E-state index contributed by atoms with van der Waals surface area (Å²) in [5.41, 5.74) is 0. The van der Waals surface area contributed by atoms with Crippen LogP contribution in [0.5, 0.6) is 0 Å². The highest BCUT2D eigenvalue weighted by molar-refractivity contribution is 5.69. The number of nitriles is 1. The number of carboxylic acid groups (broad SMARTS) is 1. The van der Waals surface area contributed by atoms with Crippen LogP contribution in [-0.4, -0.2) is 35.1 Å². The maximum atomic E-state index is 10.5. The van der Waals surface area contributed by atoms with Gasteiger partial charge in [-0.2, -0.15) is 5.26 Å². The first kappa shape index (κ1) is 12.9. The Kier molecular flexibility index (Phi) is 6.77. The monoisotopic (exact) mass is 198 g/mol. The third-order valence-corrected chi connectivity index (χ3v) is 2.05. The van der Waals surface area contributed by atoms with Gasteiger partial charge in [-0.1, -0.05) is 0 Å². The average molecular weight is 198 g/mol. The van der Waals surface area contributed by atoms with Crippen LogP contribution in [0, 0.1) is 11.3 Å². The van der Waals surface area contributed by atoms with Crippen molar-refractivity contribution in [3.05, 3.63) is 0 Å². The summed E-state index contributed by atoms with van der Waals surface area (Å²) in [5, 5.41) is 17.0. The van der Waals surface area contributed by atoms with Crippen LogP contribution in [0.4, 0.5) is 0 Å². The molecule has 1 N–H and O–H groups in total. The van der Waals surface area contributed by atoms with Crippen molar-refractivity contribution in [1.82, 2.24) is 4.90 Å². The fourth-order valence-corrected chi connectivity index (χ4v) is 1.21. The molecule has 0 heterocycles. The second-order valence-corrected chi connectivity index (χ2v) is 3.57. The van der Waals surface area contributed by atoms with E-state index in [0.717, 1.165) is 19.4 Å². The molecule has 14 heavy (non-hydrogen) atoms. The molecular weight excluding hydrogens is 180 g/mol. The van der Waals surface area contributed by atoms with E-state index >= 15 is 0 Å². The number of carbonyl (C=O) groups is 1.